The van der Waals surface area contributed by atoms with Crippen molar-refractivity contribution in [1.82, 2.24) is 5.32 Å². The standard InChI is InChI=1S/C25H30N4O5/c1-17-9-11-28(12-10-17)23-8-7-19(15-22(23)25(31)26-16-21-6-3-13-34-21)27-24(30)18-4-2-5-20(14-18)29(32)33/h2,4-5,7-8,14-15,17,21H,3,6,9-13,16H2,1H3,(H,26,31)(H,27,30). The first-order valence-corrected chi connectivity index (χ1v) is 11.8. The summed E-state index contributed by atoms with van der Waals surface area (Å²) < 4.78 is 5.62. The Labute approximate surface area is 198 Å². The van der Waals surface area contributed by atoms with E-state index in [-0.39, 0.29) is 23.3 Å². The molecular formula is C25H30N4O5. The highest BCUT2D eigenvalue weighted by atomic mass is 16.6. The van der Waals surface area contributed by atoms with Crippen molar-refractivity contribution >= 4 is 28.9 Å². The largest absolute Gasteiger partial charge is 0.376 e. The molecule has 2 heterocycles. The molecule has 180 valence electrons. The van der Waals surface area contributed by atoms with Crippen molar-refractivity contribution < 1.29 is 19.2 Å². The molecule has 2 N–H and O–H groups in total. The maximum Gasteiger partial charge on any atom is 0.270 e. The summed E-state index contributed by atoms with van der Waals surface area (Å²) in [5.74, 6) is -0.0361. The lowest BCUT2D eigenvalue weighted by Gasteiger charge is -2.33. The number of anilines is 2. The summed E-state index contributed by atoms with van der Waals surface area (Å²) in [7, 11) is 0. The number of nitro benzene ring substituents is 1. The van der Waals surface area contributed by atoms with Gasteiger partial charge in [-0.2, -0.15) is 0 Å². The molecule has 1 atom stereocenters. The molecule has 9 heteroatoms. The number of amides is 2. The fourth-order valence-corrected chi connectivity index (χ4v) is 4.39. The number of benzene rings is 2. The zero-order valence-electron chi connectivity index (χ0n) is 19.3. The van der Waals surface area contributed by atoms with Crippen LogP contribution in [0.2, 0.25) is 0 Å². The van der Waals surface area contributed by atoms with Gasteiger partial charge in [0.2, 0.25) is 0 Å². The lowest BCUT2D eigenvalue weighted by Crippen LogP contribution is -2.36. The van der Waals surface area contributed by atoms with Crippen LogP contribution in [0.15, 0.2) is 42.5 Å². The second kappa shape index (κ2) is 10.6. The number of ether oxygens (including phenoxy) is 1. The van der Waals surface area contributed by atoms with Gasteiger partial charge in [0.05, 0.1) is 16.6 Å². The van der Waals surface area contributed by atoms with Gasteiger partial charge in [-0.3, -0.25) is 19.7 Å². The van der Waals surface area contributed by atoms with Crippen molar-refractivity contribution in [2.24, 2.45) is 5.92 Å². The quantitative estimate of drug-likeness (QED) is 0.471. The van der Waals surface area contributed by atoms with Crippen LogP contribution in [-0.4, -0.2) is 49.1 Å². The summed E-state index contributed by atoms with van der Waals surface area (Å²) in [5, 5.41) is 16.8. The molecule has 0 bridgehead atoms. The van der Waals surface area contributed by atoms with Gasteiger partial charge < -0.3 is 20.3 Å². The summed E-state index contributed by atoms with van der Waals surface area (Å²) >= 11 is 0. The summed E-state index contributed by atoms with van der Waals surface area (Å²) in [6.07, 6.45) is 4.07. The minimum atomic E-state index is -0.540. The lowest BCUT2D eigenvalue weighted by atomic mass is 9.97. The number of nitrogens with one attached hydrogen (secondary N) is 2. The fraction of sp³-hybridized carbons (Fsp3) is 0.440. The number of non-ortho nitro benzene ring substituents is 1. The third-order valence-electron chi connectivity index (χ3n) is 6.46. The van der Waals surface area contributed by atoms with E-state index >= 15 is 0 Å². The van der Waals surface area contributed by atoms with Gasteiger partial charge in [-0.05, 0) is 55.9 Å². The van der Waals surface area contributed by atoms with Crippen LogP contribution in [0.25, 0.3) is 0 Å². The van der Waals surface area contributed by atoms with Gasteiger partial charge >= 0.3 is 0 Å². The van der Waals surface area contributed by atoms with Crippen molar-refractivity contribution in [3.63, 3.8) is 0 Å². The third kappa shape index (κ3) is 5.72. The van der Waals surface area contributed by atoms with Crippen molar-refractivity contribution in [1.29, 1.82) is 0 Å². The average molecular weight is 467 g/mol. The normalized spacial score (nSPS) is 18.5. The first-order valence-electron chi connectivity index (χ1n) is 11.8. The van der Waals surface area contributed by atoms with Crippen molar-refractivity contribution in [3.05, 3.63) is 63.7 Å². The second-order valence-corrected chi connectivity index (χ2v) is 9.01. The van der Waals surface area contributed by atoms with Crippen LogP contribution in [0.1, 0.15) is 53.3 Å². The third-order valence-corrected chi connectivity index (χ3v) is 6.46. The van der Waals surface area contributed by atoms with Gasteiger partial charge in [-0.25, -0.2) is 0 Å². The molecule has 9 nitrogen and oxygen atoms in total. The molecule has 2 aromatic rings. The first-order chi connectivity index (χ1) is 16.4. The highest BCUT2D eigenvalue weighted by Crippen LogP contribution is 2.29. The van der Waals surface area contributed by atoms with Crippen molar-refractivity contribution in [3.8, 4) is 0 Å². The molecule has 2 amide bonds. The minimum absolute atomic E-state index is 0.0278. The Morgan fingerprint density at radius 3 is 2.62 bits per heavy atom. The van der Waals surface area contributed by atoms with Crippen LogP contribution in [-0.2, 0) is 4.74 Å². The Morgan fingerprint density at radius 2 is 1.91 bits per heavy atom. The highest BCUT2D eigenvalue weighted by molar-refractivity contribution is 6.06. The topological polar surface area (TPSA) is 114 Å². The Balaban J connectivity index is 1.55. The number of nitro groups is 1. The maximum atomic E-state index is 13.2. The van der Waals surface area contributed by atoms with Gasteiger partial charge in [0.25, 0.3) is 17.5 Å². The Hall–Kier alpha value is -3.46. The number of rotatable bonds is 7. The minimum Gasteiger partial charge on any atom is -0.376 e. The molecule has 0 aliphatic carbocycles. The van der Waals surface area contributed by atoms with Crippen LogP contribution >= 0.6 is 0 Å². The summed E-state index contributed by atoms with van der Waals surface area (Å²) in [6.45, 7) is 5.13. The number of hydrogen-bond donors (Lipinski definition) is 2. The van der Waals surface area contributed by atoms with E-state index in [1.54, 1.807) is 12.1 Å². The Bertz CT molecular complexity index is 1060. The van der Waals surface area contributed by atoms with E-state index in [2.05, 4.69) is 22.5 Å². The number of piperidine rings is 1. The van der Waals surface area contributed by atoms with Crippen LogP contribution in [0, 0.1) is 16.0 Å². The molecule has 4 rings (SSSR count). The summed E-state index contributed by atoms with van der Waals surface area (Å²) in [5.41, 5.74) is 1.80. The predicted molar refractivity (Wildman–Crippen MR) is 129 cm³/mol. The molecule has 1 unspecified atom stereocenters. The highest BCUT2D eigenvalue weighted by Gasteiger charge is 2.23. The van der Waals surface area contributed by atoms with Gasteiger partial charge in [0, 0.05) is 55.3 Å². The maximum absolute atomic E-state index is 13.2. The van der Waals surface area contributed by atoms with Gasteiger partial charge in [-0.15, -0.1) is 0 Å². The molecule has 0 radical (unpaired) electrons. The van der Waals surface area contributed by atoms with Gasteiger partial charge in [0.1, 0.15) is 0 Å². The molecule has 34 heavy (non-hydrogen) atoms. The SMILES string of the molecule is CC1CCN(c2ccc(NC(=O)c3cccc([N+](=O)[O-])c3)cc2C(=O)NCC2CCCO2)CC1. The van der Waals surface area contributed by atoms with Crippen LogP contribution in [0.3, 0.4) is 0 Å². The second-order valence-electron chi connectivity index (χ2n) is 9.01. The zero-order chi connectivity index (χ0) is 24.1. The van der Waals surface area contributed by atoms with E-state index in [1.807, 2.05) is 6.07 Å². The summed E-state index contributed by atoms with van der Waals surface area (Å²) in [6, 6.07) is 10.8. The van der Waals surface area contributed by atoms with Crippen molar-refractivity contribution in [2.75, 3.05) is 36.5 Å². The number of nitrogens with zero attached hydrogens (tertiary/aromatic N) is 2. The molecule has 2 aliphatic heterocycles. The predicted octanol–water partition coefficient (Wildman–Crippen LogP) is 3.99. The van der Waals surface area contributed by atoms with E-state index in [0.717, 1.165) is 51.1 Å². The van der Waals surface area contributed by atoms with Gasteiger partial charge in [0.15, 0.2) is 0 Å². The van der Waals surface area contributed by atoms with E-state index in [0.29, 0.717) is 23.7 Å². The fourth-order valence-electron chi connectivity index (χ4n) is 4.39. The van der Waals surface area contributed by atoms with E-state index in [9.17, 15) is 19.7 Å². The van der Waals surface area contributed by atoms with Crippen LogP contribution < -0.4 is 15.5 Å². The number of carbonyl (C=O) groups excluding carboxylic acids is 2. The molecular weight excluding hydrogens is 436 g/mol. The molecule has 0 aromatic heterocycles. The molecule has 0 spiro atoms. The zero-order valence-corrected chi connectivity index (χ0v) is 19.3. The smallest absolute Gasteiger partial charge is 0.270 e. The van der Waals surface area contributed by atoms with E-state index in [4.69, 9.17) is 4.74 Å². The van der Waals surface area contributed by atoms with Crippen LogP contribution in [0.5, 0.6) is 0 Å². The van der Waals surface area contributed by atoms with Gasteiger partial charge in [-0.1, -0.05) is 13.0 Å². The van der Waals surface area contributed by atoms with Crippen molar-refractivity contribution in [2.45, 2.75) is 38.7 Å². The summed E-state index contributed by atoms with van der Waals surface area (Å²) in [4.78, 5) is 38.6. The molecule has 2 aliphatic rings. The van der Waals surface area contributed by atoms with Crippen LogP contribution in [0.4, 0.5) is 17.1 Å². The first kappa shape index (κ1) is 23.7. The van der Waals surface area contributed by atoms with E-state index in [1.165, 1.54) is 24.3 Å². The Kier molecular flexibility index (Phi) is 7.42. The molecule has 2 saturated heterocycles. The molecule has 0 saturated carbocycles. The molecule has 2 fully saturated rings. The monoisotopic (exact) mass is 466 g/mol. The average Bonchev–Trinajstić information content (AvgIpc) is 3.37. The number of hydrogen-bond acceptors (Lipinski definition) is 6. The lowest BCUT2D eigenvalue weighted by molar-refractivity contribution is -0.384. The molecule has 2 aromatic carbocycles. The van der Waals surface area contributed by atoms with E-state index < -0.39 is 10.8 Å². The number of carbonyl (C=O) groups is 2. The Morgan fingerprint density at radius 1 is 1.12 bits per heavy atom.